The summed E-state index contributed by atoms with van der Waals surface area (Å²) in [5, 5.41) is 16.3. The van der Waals surface area contributed by atoms with Crippen LogP contribution in [0.15, 0.2) is 24.5 Å². The van der Waals surface area contributed by atoms with Crippen molar-refractivity contribution in [1.29, 1.82) is 0 Å². The molecule has 0 bridgehead atoms. The van der Waals surface area contributed by atoms with Gasteiger partial charge in [-0.15, -0.1) is 10.2 Å². The van der Waals surface area contributed by atoms with E-state index in [1.165, 1.54) is 0 Å². The van der Waals surface area contributed by atoms with Crippen molar-refractivity contribution in [3.63, 3.8) is 0 Å². The van der Waals surface area contributed by atoms with E-state index in [1.807, 2.05) is 37.5 Å². The van der Waals surface area contributed by atoms with Gasteiger partial charge in [-0.05, 0) is 38.0 Å². The van der Waals surface area contributed by atoms with Crippen molar-refractivity contribution in [3.8, 4) is 5.75 Å². The molecule has 0 saturated heterocycles. The van der Waals surface area contributed by atoms with Crippen LogP contribution in [0.1, 0.15) is 44.6 Å². The lowest BCUT2D eigenvalue weighted by Crippen LogP contribution is -2.38. The van der Waals surface area contributed by atoms with Gasteiger partial charge in [0, 0.05) is 6.54 Å². The van der Waals surface area contributed by atoms with Crippen LogP contribution in [0.4, 0.5) is 10.5 Å². The molecule has 3 N–H and O–H groups in total. The number of carbonyl (C=O) groups is 2. The summed E-state index contributed by atoms with van der Waals surface area (Å²) >= 11 is 0. The van der Waals surface area contributed by atoms with Crippen LogP contribution >= 0.6 is 0 Å². The summed E-state index contributed by atoms with van der Waals surface area (Å²) in [5.41, 5.74) is 1.52. The van der Waals surface area contributed by atoms with Crippen LogP contribution in [0, 0.1) is 0 Å². The summed E-state index contributed by atoms with van der Waals surface area (Å²) in [6.07, 6.45) is 1.73. The molecule has 2 atom stereocenters. The van der Waals surface area contributed by atoms with Crippen LogP contribution in [0.3, 0.4) is 0 Å². The number of aryl methyl sites for hydroxylation is 1. The number of benzene rings is 1. The first-order valence-corrected chi connectivity index (χ1v) is 9.04. The number of urea groups is 1. The Kier molecular flexibility index (Phi) is 5.58. The molecule has 3 rings (SSSR count). The van der Waals surface area contributed by atoms with Gasteiger partial charge >= 0.3 is 6.03 Å². The molecule has 0 aliphatic carbocycles. The molecule has 144 valence electrons. The molecule has 1 aromatic heterocycles. The highest BCUT2D eigenvalue weighted by atomic mass is 16.5. The first-order chi connectivity index (χ1) is 13.0. The van der Waals surface area contributed by atoms with E-state index in [2.05, 4.69) is 26.1 Å². The van der Waals surface area contributed by atoms with Gasteiger partial charge in [0.05, 0.1) is 18.3 Å². The molecule has 9 nitrogen and oxygen atoms in total. The van der Waals surface area contributed by atoms with Gasteiger partial charge in [0.1, 0.15) is 12.1 Å². The molecule has 0 saturated carbocycles. The lowest BCUT2D eigenvalue weighted by atomic mass is 10.1. The zero-order chi connectivity index (χ0) is 19.4. The van der Waals surface area contributed by atoms with E-state index in [4.69, 9.17) is 4.74 Å². The zero-order valence-corrected chi connectivity index (χ0v) is 15.7. The molecule has 0 spiro atoms. The van der Waals surface area contributed by atoms with Crippen molar-refractivity contribution in [2.45, 2.75) is 52.4 Å². The van der Waals surface area contributed by atoms with Gasteiger partial charge in [0.2, 0.25) is 0 Å². The van der Waals surface area contributed by atoms with Gasteiger partial charge in [-0.25, -0.2) is 4.79 Å². The topological polar surface area (TPSA) is 110 Å². The van der Waals surface area contributed by atoms with Gasteiger partial charge in [0.15, 0.2) is 11.9 Å². The predicted octanol–water partition coefficient (Wildman–Crippen LogP) is 1.97. The van der Waals surface area contributed by atoms with Crippen molar-refractivity contribution >= 4 is 17.6 Å². The average molecular weight is 372 g/mol. The van der Waals surface area contributed by atoms with E-state index in [9.17, 15) is 9.59 Å². The summed E-state index contributed by atoms with van der Waals surface area (Å²) in [6, 6.07) is 4.95. The molecule has 9 heteroatoms. The maximum Gasteiger partial charge on any atom is 0.315 e. The number of nitrogens with zero attached hydrogens (tertiary/aromatic N) is 3. The van der Waals surface area contributed by atoms with Gasteiger partial charge in [0.25, 0.3) is 5.91 Å². The predicted molar refractivity (Wildman–Crippen MR) is 99.3 cm³/mol. The van der Waals surface area contributed by atoms with Crippen molar-refractivity contribution in [2.24, 2.45) is 0 Å². The fourth-order valence-corrected chi connectivity index (χ4v) is 2.87. The molecule has 1 aliphatic heterocycles. The summed E-state index contributed by atoms with van der Waals surface area (Å²) in [7, 11) is 0. The maximum atomic E-state index is 12.2. The van der Waals surface area contributed by atoms with Crippen LogP contribution in [0.25, 0.3) is 0 Å². The van der Waals surface area contributed by atoms with E-state index in [-0.39, 0.29) is 18.0 Å². The average Bonchev–Trinajstić information content (AvgIpc) is 3.13. The Morgan fingerprint density at radius 1 is 1.41 bits per heavy atom. The van der Waals surface area contributed by atoms with Crippen molar-refractivity contribution in [1.82, 2.24) is 25.4 Å². The lowest BCUT2D eigenvalue weighted by Gasteiger charge is -2.26. The third kappa shape index (κ3) is 4.18. The fourth-order valence-electron chi connectivity index (χ4n) is 2.87. The SMILES string of the molecule is CC[C@H]1Oc2cc([C@@H](C)NC(=O)NCc3nncn3CC)ccc2NC1=O. The Morgan fingerprint density at radius 3 is 2.96 bits per heavy atom. The smallest absolute Gasteiger partial charge is 0.315 e. The van der Waals surface area contributed by atoms with Crippen molar-refractivity contribution in [2.75, 3.05) is 5.32 Å². The van der Waals surface area contributed by atoms with Gasteiger partial charge in [-0.3, -0.25) is 4.79 Å². The number of aromatic nitrogens is 3. The van der Waals surface area contributed by atoms with E-state index >= 15 is 0 Å². The minimum atomic E-state index is -0.491. The molecule has 0 radical (unpaired) electrons. The van der Waals surface area contributed by atoms with Crippen LogP contribution in [-0.4, -0.2) is 32.8 Å². The summed E-state index contributed by atoms with van der Waals surface area (Å²) in [4.78, 5) is 24.0. The fraction of sp³-hybridized carbons (Fsp3) is 0.444. The quantitative estimate of drug-likeness (QED) is 0.718. The summed E-state index contributed by atoms with van der Waals surface area (Å²) in [6.45, 7) is 6.80. The van der Waals surface area contributed by atoms with Crippen LogP contribution < -0.4 is 20.7 Å². The lowest BCUT2D eigenvalue weighted by molar-refractivity contribution is -0.123. The second kappa shape index (κ2) is 8.07. The number of carbonyl (C=O) groups excluding carboxylic acids is 2. The Labute approximate surface area is 157 Å². The highest BCUT2D eigenvalue weighted by Crippen LogP contribution is 2.32. The number of amides is 3. The highest BCUT2D eigenvalue weighted by Gasteiger charge is 2.26. The summed E-state index contributed by atoms with van der Waals surface area (Å²) < 4.78 is 7.62. The number of nitrogens with one attached hydrogen (secondary N) is 3. The third-order valence-electron chi connectivity index (χ3n) is 4.49. The first kappa shape index (κ1) is 18.7. The minimum Gasteiger partial charge on any atom is -0.478 e. The molecule has 2 aromatic rings. The van der Waals surface area contributed by atoms with E-state index in [0.29, 0.717) is 30.2 Å². The van der Waals surface area contributed by atoms with Gasteiger partial charge < -0.3 is 25.3 Å². The molecule has 0 fully saturated rings. The number of anilines is 1. The van der Waals surface area contributed by atoms with E-state index in [1.54, 1.807) is 12.4 Å². The Hall–Kier alpha value is -3.10. The van der Waals surface area contributed by atoms with Crippen LogP contribution in [0.2, 0.25) is 0 Å². The van der Waals surface area contributed by atoms with Crippen LogP contribution in [-0.2, 0) is 17.9 Å². The largest absolute Gasteiger partial charge is 0.478 e. The van der Waals surface area contributed by atoms with Crippen LogP contribution in [0.5, 0.6) is 5.75 Å². The molecule has 1 aromatic carbocycles. The number of ether oxygens (including phenoxy) is 1. The third-order valence-corrected chi connectivity index (χ3v) is 4.49. The zero-order valence-electron chi connectivity index (χ0n) is 15.7. The van der Waals surface area contributed by atoms with E-state index in [0.717, 1.165) is 12.1 Å². The van der Waals surface area contributed by atoms with Gasteiger partial charge in [-0.2, -0.15) is 0 Å². The molecular weight excluding hydrogens is 348 g/mol. The first-order valence-electron chi connectivity index (χ1n) is 9.04. The number of hydrogen-bond donors (Lipinski definition) is 3. The molecule has 1 aliphatic rings. The second-order valence-corrected chi connectivity index (χ2v) is 6.34. The number of rotatable bonds is 6. The van der Waals surface area contributed by atoms with Crippen molar-refractivity contribution < 1.29 is 14.3 Å². The monoisotopic (exact) mass is 372 g/mol. The van der Waals surface area contributed by atoms with Gasteiger partial charge in [-0.1, -0.05) is 13.0 Å². The minimum absolute atomic E-state index is 0.136. The summed E-state index contributed by atoms with van der Waals surface area (Å²) in [5.74, 6) is 1.18. The maximum absolute atomic E-state index is 12.2. The molecule has 2 heterocycles. The Balaban J connectivity index is 1.60. The normalized spacial score (nSPS) is 16.7. The standard InChI is InChI=1S/C18H24N6O3/c1-4-14-17(25)22-13-7-6-12(8-15(13)27-14)11(3)21-18(26)19-9-16-23-20-10-24(16)5-2/h6-8,10-11,14H,4-5,9H2,1-3H3,(H,22,25)(H2,19,21,26)/t11-,14-/m1/s1. The molecular formula is C18H24N6O3. The number of fused-ring (bicyclic) bond motifs is 1. The second-order valence-electron chi connectivity index (χ2n) is 6.34. The van der Waals surface area contributed by atoms with Crippen molar-refractivity contribution in [3.05, 3.63) is 35.9 Å². The highest BCUT2D eigenvalue weighted by molar-refractivity contribution is 5.97. The Morgan fingerprint density at radius 2 is 2.22 bits per heavy atom. The number of hydrogen-bond acceptors (Lipinski definition) is 5. The molecule has 3 amide bonds. The Bertz CT molecular complexity index is 834. The molecule has 0 unspecified atom stereocenters. The van der Waals surface area contributed by atoms with E-state index < -0.39 is 6.10 Å². The molecule has 27 heavy (non-hydrogen) atoms.